The van der Waals surface area contributed by atoms with Gasteiger partial charge in [-0.05, 0) is 0 Å². The minimum Gasteiger partial charge on any atom is -1.00 e. The molecule has 0 unspecified atom stereocenters. The number of rotatable bonds is 0. The molecule has 0 fully saturated rings. The molecule has 0 saturated carbocycles. The molecule has 0 nitrogen and oxygen atoms in total. The van der Waals surface area contributed by atoms with Crippen LogP contribution in [0.3, 0.4) is 0 Å². The molecule has 0 aromatic carbocycles. The van der Waals surface area contributed by atoms with Crippen LogP contribution in [0.5, 0.6) is 0 Å². The molecule has 0 bridgehead atoms. The van der Waals surface area contributed by atoms with Gasteiger partial charge in [0.15, 0.2) is 0 Å². The molecule has 0 aliphatic heterocycles. The Morgan fingerprint density at radius 1 is 0.833 bits per heavy atom. The maximum absolute atomic E-state index is 3.25. The number of halogens is 1. The van der Waals surface area contributed by atoms with Gasteiger partial charge in [0.1, 0.15) is 0 Å². The molecular formula is C16H23ClZr. The first-order valence-corrected chi connectivity index (χ1v) is 5.81. The molecule has 0 saturated heterocycles. The van der Waals surface area contributed by atoms with E-state index in [1.807, 2.05) is 0 Å². The third-order valence-corrected chi connectivity index (χ3v) is 2.73. The first-order valence-electron chi connectivity index (χ1n) is 5.81. The third-order valence-electron chi connectivity index (χ3n) is 2.73. The van der Waals surface area contributed by atoms with Crippen LogP contribution in [0.1, 0.15) is 47.5 Å². The van der Waals surface area contributed by atoms with Crippen LogP contribution in [-0.2, 0) is 26.2 Å². The summed E-state index contributed by atoms with van der Waals surface area (Å²) in [5, 5.41) is 0. The standard InChI is InChI=1S/2C7H9.C2H5.ClH.Zr/c2*1-6-4-3-5-7(6)2;1-2;;/h2*4H,3H2,1-2H3;1H2,2H3;1H;/q3*-1;;+4/p-1. The van der Waals surface area contributed by atoms with Gasteiger partial charge < -0.3 is 19.3 Å². The summed E-state index contributed by atoms with van der Waals surface area (Å²) in [5.41, 5.74) is 5.42. The number of hydrogen-bond donors (Lipinski definition) is 0. The minimum atomic E-state index is 0. The van der Waals surface area contributed by atoms with E-state index in [0.717, 1.165) is 12.8 Å². The van der Waals surface area contributed by atoms with Crippen molar-refractivity contribution in [3.05, 3.63) is 53.5 Å². The summed E-state index contributed by atoms with van der Waals surface area (Å²) >= 11 is 0. The second kappa shape index (κ2) is 13.6. The quantitative estimate of drug-likeness (QED) is 0.591. The van der Waals surface area contributed by atoms with Crippen LogP contribution in [-0.4, -0.2) is 0 Å². The Hall–Kier alpha value is 0.133. The maximum atomic E-state index is 3.25. The van der Waals surface area contributed by atoms with Crippen molar-refractivity contribution in [3.63, 3.8) is 0 Å². The zero-order chi connectivity index (χ0) is 12.6. The van der Waals surface area contributed by atoms with Crippen molar-refractivity contribution in [2.75, 3.05) is 0 Å². The molecule has 2 heteroatoms. The molecule has 0 radical (unpaired) electrons. The molecule has 18 heavy (non-hydrogen) atoms. The Labute approximate surface area is 139 Å². The van der Waals surface area contributed by atoms with Gasteiger partial charge in [0, 0.05) is 0 Å². The van der Waals surface area contributed by atoms with Crippen LogP contribution >= 0.6 is 0 Å². The first-order chi connectivity index (χ1) is 7.61. The summed E-state index contributed by atoms with van der Waals surface area (Å²) in [6.45, 7) is 13.4. The van der Waals surface area contributed by atoms with Crippen molar-refractivity contribution in [2.45, 2.75) is 47.5 Å². The number of allylic oxidation sites excluding steroid dienone is 8. The van der Waals surface area contributed by atoms with Gasteiger partial charge in [0.2, 0.25) is 0 Å². The largest absolute Gasteiger partial charge is 4.00 e. The molecule has 0 atom stereocenters. The van der Waals surface area contributed by atoms with E-state index in [2.05, 4.69) is 58.9 Å². The summed E-state index contributed by atoms with van der Waals surface area (Å²) in [6, 6.07) is 0. The molecular weight excluding hydrogens is 319 g/mol. The van der Waals surface area contributed by atoms with E-state index in [9.17, 15) is 0 Å². The van der Waals surface area contributed by atoms with Crippen LogP contribution in [0.25, 0.3) is 0 Å². The van der Waals surface area contributed by atoms with Crippen molar-refractivity contribution < 1.29 is 38.6 Å². The van der Waals surface area contributed by atoms with Crippen LogP contribution in [0, 0.1) is 19.1 Å². The predicted octanol–water partition coefficient (Wildman–Crippen LogP) is 2.01. The van der Waals surface area contributed by atoms with Gasteiger partial charge >= 0.3 is 26.2 Å². The molecule has 0 amide bonds. The molecule has 2 aliphatic carbocycles. The normalized spacial score (nSPS) is 15.2. The van der Waals surface area contributed by atoms with Gasteiger partial charge in [-0.2, -0.15) is 19.1 Å². The summed E-state index contributed by atoms with van der Waals surface area (Å²) in [7, 11) is 0. The van der Waals surface area contributed by atoms with Gasteiger partial charge in [-0.15, -0.1) is 26.7 Å². The Morgan fingerprint density at radius 2 is 1.11 bits per heavy atom. The van der Waals surface area contributed by atoms with Gasteiger partial charge in [-0.3, -0.25) is 12.2 Å². The summed E-state index contributed by atoms with van der Waals surface area (Å²) in [4.78, 5) is 0. The molecule has 2 aliphatic rings. The van der Waals surface area contributed by atoms with E-state index in [1.165, 1.54) is 22.3 Å². The van der Waals surface area contributed by atoms with Crippen LogP contribution in [0.15, 0.2) is 34.4 Å². The minimum absolute atomic E-state index is 0. The summed E-state index contributed by atoms with van der Waals surface area (Å²) in [5.74, 6) is 0. The van der Waals surface area contributed by atoms with Crippen molar-refractivity contribution >= 4 is 0 Å². The first kappa shape index (κ1) is 23.2. The predicted molar refractivity (Wildman–Crippen MR) is 72.6 cm³/mol. The SMILES string of the molecule is CC1=[C-]CC=C1C.CC1=[C-]CC=C1C.[CH2-]C.[Cl-].[Zr+4]. The molecule has 0 N–H and O–H groups in total. The summed E-state index contributed by atoms with van der Waals surface area (Å²) in [6.07, 6.45) is 12.8. The van der Waals surface area contributed by atoms with E-state index < -0.39 is 0 Å². The zero-order valence-corrected chi connectivity index (χ0v) is 15.4. The monoisotopic (exact) mass is 340 g/mol. The molecule has 0 heterocycles. The second-order valence-electron chi connectivity index (χ2n) is 3.79. The average molecular weight is 342 g/mol. The maximum Gasteiger partial charge on any atom is 4.00 e. The molecule has 0 spiro atoms. The molecule has 2 rings (SSSR count). The van der Waals surface area contributed by atoms with Crippen LogP contribution in [0.4, 0.5) is 0 Å². The fourth-order valence-corrected chi connectivity index (χ4v) is 1.30. The molecule has 0 aromatic rings. The van der Waals surface area contributed by atoms with E-state index >= 15 is 0 Å². The van der Waals surface area contributed by atoms with E-state index in [0.29, 0.717) is 0 Å². The van der Waals surface area contributed by atoms with Crippen LogP contribution < -0.4 is 12.4 Å². The van der Waals surface area contributed by atoms with E-state index in [-0.39, 0.29) is 38.6 Å². The van der Waals surface area contributed by atoms with Gasteiger partial charge in [0.05, 0.1) is 0 Å². The Bertz CT molecular complexity index is 267. The Balaban J connectivity index is -0.000000200. The van der Waals surface area contributed by atoms with Crippen molar-refractivity contribution in [1.82, 2.24) is 0 Å². The fourth-order valence-electron chi connectivity index (χ4n) is 1.30. The van der Waals surface area contributed by atoms with Gasteiger partial charge in [0.25, 0.3) is 0 Å². The van der Waals surface area contributed by atoms with Gasteiger partial charge in [-0.25, -0.2) is 22.3 Å². The van der Waals surface area contributed by atoms with Crippen molar-refractivity contribution in [2.24, 2.45) is 0 Å². The number of hydrogen-bond acceptors (Lipinski definition) is 0. The zero-order valence-electron chi connectivity index (χ0n) is 12.2. The van der Waals surface area contributed by atoms with Crippen molar-refractivity contribution in [1.29, 1.82) is 0 Å². The fraction of sp³-hybridized carbons (Fsp3) is 0.438. The third kappa shape index (κ3) is 9.11. The van der Waals surface area contributed by atoms with Gasteiger partial charge in [-0.1, -0.05) is 13.8 Å². The Morgan fingerprint density at radius 3 is 1.17 bits per heavy atom. The van der Waals surface area contributed by atoms with E-state index in [1.54, 1.807) is 6.92 Å². The smallest absolute Gasteiger partial charge is 1.00 e. The van der Waals surface area contributed by atoms with Crippen molar-refractivity contribution in [3.8, 4) is 0 Å². The second-order valence-corrected chi connectivity index (χ2v) is 3.79. The molecule has 98 valence electrons. The van der Waals surface area contributed by atoms with E-state index in [4.69, 9.17) is 0 Å². The van der Waals surface area contributed by atoms with Crippen LogP contribution in [0.2, 0.25) is 0 Å². The Kier molecular flexibility index (Phi) is 17.5. The topological polar surface area (TPSA) is 0 Å². The summed E-state index contributed by atoms with van der Waals surface area (Å²) < 4.78 is 0. The average Bonchev–Trinajstić information content (AvgIpc) is 2.83. The molecule has 0 aromatic heterocycles.